The van der Waals surface area contributed by atoms with Gasteiger partial charge in [-0.1, -0.05) is 42.5 Å². The lowest BCUT2D eigenvalue weighted by atomic mass is 9.97. The largest absolute Gasteiger partial charge is 0.508 e. The van der Waals surface area contributed by atoms with Crippen molar-refractivity contribution in [3.63, 3.8) is 0 Å². The van der Waals surface area contributed by atoms with Crippen LogP contribution in [0.5, 0.6) is 5.75 Å². The van der Waals surface area contributed by atoms with Crippen LogP contribution in [0.4, 0.5) is 0 Å². The second-order valence-corrected chi connectivity index (χ2v) is 5.07. The summed E-state index contributed by atoms with van der Waals surface area (Å²) in [5.74, 6) is 0.338. The van der Waals surface area contributed by atoms with E-state index in [1.165, 1.54) is 11.1 Å². The van der Waals surface area contributed by atoms with Crippen molar-refractivity contribution in [1.82, 2.24) is 5.32 Å². The molecule has 0 amide bonds. The zero-order valence-corrected chi connectivity index (χ0v) is 11.4. The zero-order valence-electron chi connectivity index (χ0n) is 11.4. The lowest BCUT2D eigenvalue weighted by molar-refractivity contribution is 0.0423. The molecule has 104 valence electrons. The van der Waals surface area contributed by atoms with E-state index in [0.717, 1.165) is 25.1 Å². The van der Waals surface area contributed by atoms with Crippen LogP contribution in [0, 0.1) is 0 Å². The Kier molecular flexibility index (Phi) is 4.00. The quantitative estimate of drug-likeness (QED) is 0.896. The average Bonchev–Trinajstić information content (AvgIpc) is 2.49. The highest BCUT2D eigenvalue weighted by Gasteiger charge is 2.19. The molecule has 1 heterocycles. The van der Waals surface area contributed by atoms with Gasteiger partial charge < -0.3 is 15.2 Å². The molecule has 0 aromatic heterocycles. The second-order valence-electron chi connectivity index (χ2n) is 5.07. The summed E-state index contributed by atoms with van der Waals surface area (Å²) in [6.07, 6.45) is 1.09. The Morgan fingerprint density at radius 3 is 2.80 bits per heavy atom. The maximum atomic E-state index is 9.73. The fraction of sp³-hybridized carbons (Fsp3) is 0.294. The molecule has 1 atom stereocenters. The van der Waals surface area contributed by atoms with Crippen LogP contribution in [-0.4, -0.2) is 18.3 Å². The predicted molar refractivity (Wildman–Crippen MR) is 78.7 cm³/mol. The van der Waals surface area contributed by atoms with E-state index in [0.29, 0.717) is 12.3 Å². The highest BCUT2D eigenvalue weighted by Crippen LogP contribution is 2.26. The molecule has 0 saturated heterocycles. The van der Waals surface area contributed by atoms with Gasteiger partial charge >= 0.3 is 0 Å². The molecule has 0 spiro atoms. The van der Waals surface area contributed by atoms with Crippen LogP contribution in [-0.2, 0) is 17.7 Å². The molecule has 0 radical (unpaired) electrons. The molecular weight excluding hydrogens is 250 g/mol. The summed E-state index contributed by atoms with van der Waals surface area (Å²) in [4.78, 5) is 0. The van der Waals surface area contributed by atoms with Crippen molar-refractivity contribution in [2.75, 3.05) is 13.2 Å². The smallest absolute Gasteiger partial charge is 0.120 e. The van der Waals surface area contributed by atoms with Crippen LogP contribution >= 0.6 is 0 Å². The van der Waals surface area contributed by atoms with Crippen molar-refractivity contribution in [2.24, 2.45) is 0 Å². The van der Waals surface area contributed by atoms with Crippen LogP contribution in [0.15, 0.2) is 48.5 Å². The number of aromatic hydroxyl groups is 1. The lowest BCUT2D eigenvalue weighted by Crippen LogP contribution is -2.27. The summed E-state index contributed by atoms with van der Waals surface area (Å²) in [7, 11) is 0. The fourth-order valence-electron chi connectivity index (χ4n) is 2.64. The van der Waals surface area contributed by atoms with E-state index in [4.69, 9.17) is 4.74 Å². The minimum absolute atomic E-state index is 0.103. The molecular formula is C17H19NO2. The first kappa shape index (κ1) is 13.2. The first-order chi connectivity index (χ1) is 9.84. The summed E-state index contributed by atoms with van der Waals surface area (Å²) >= 11 is 0. The van der Waals surface area contributed by atoms with Crippen LogP contribution in [0.3, 0.4) is 0 Å². The monoisotopic (exact) mass is 269 g/mol. The van der Waals surface area contributed by atoms with Gasteiger partial charge in [0.1, 0.15) is 5.75 Å². The van der Waals surface area contributed by atoms with Gasteiger partial charge in [-0.2, -0.15) is 0 Å². The third-order valence-electron chi connectivity index (χ3n) is 3.73. The Balaban J connectivity index is 1.61. The summed E-state index contributed by atoms with van der Waals surface area (Å²) in [5, 5.41) is 13.1. The molecule has 0 fully saturated rings. The summed E-state index contributed by atoms with van der Waals surface area (Å²) in [6, 6.07) is 15.9. The van der Waals surface area contributed by atoms with Crippen LogP contribution < -0.4 is 5.32 Å². The minimum atomic E-state index is 0.103. The summed E-state index contributed by atoms with van der Waals surface area (Å²) in [6.45, 7) is 2.18. The van der Waals surface area contributed by atoms with Gasteiger partial charge in [-0.25, -0.2) is 0 Å². The molecule has 2 aromatic carbocycles. The molecule has 1 aliphatic rings. The molecule has 3 heteroatoms. The van der Waals surface area contributed by atoms with Gasteiger partial charge in [0.05, 0.1) is 12.7 Å². The fourth-order valence-corrected chi connectivity index (χ4v) is 2.64. The normalized spacial score (nSPS) is 17.7. The number of nitrogens with one attached hydrogen (secondary N) is 1. The standard InChI is InChI=1S/C17H19NO2/c19-16-8-4-2-6-14(16)11-18-12-17-15-7-3-1-5-13(15)9-10-20-17/h1-8,17-19H,9-12H2. The Hall–Kier alpha value is -1.84. The van der Waals surface area contributed by atoms with Gasteiger partial charge in [0.25, 0.3) is 0 Å². The SMILES string of the molecule is Oc1ccccc1CNCC1OCCc2ccccc21. The molecule has 0 saturated carbocycles. The number of hydrogen-bond donors (Lipinski definition) is 2. The van der Waals surface area contributed by atoms with Crippen molar-refractivity contribution in [1.29, 1.82) is 0 Å². The van der Waals surface area contributed by atoms with Gasteiger partial charge in [0.2, 0.25) is 0 Å². The maximum Gasteiger partial charge on any atom is 0.120 e. The van der Waals surface area contributed by atoms with E-state index < -0.39 is 0 Å². The molecule has 2 N–H and O–H groups in total. The minimum Gasteiger partial charge on any atom is -0.508 e. The highest BCUT2D eigenvalue weighted by atomic mass is 16.5. The number of hydrogen-bond acceptors (Lipinski definition) is 3. The second kappa shape index (κ2) is 6.07. The number of ether oxygens (including phenoxy) is 1. The molecule has 2 aromatic rings. The predicted octanol–water partition coefficient (Wildman–Crippen LogP) is 2.80. The number of rotatable bonds is 4. The number of fused-ring (bicyclic) bond motifs is 1. The Bertz CT molecular complexity index is 583. The van der Waals surface area contributed by atoms with Crippen LogP contribution in [0.25, 0.3) is 0 Å². The molecule has 20 heavy (non-hydrogen) atoms. The van der Waals surface area contributed by atoms with Gasteiger partial charge in [-0.05, 0) is 23.6 Å². The molecule has 0 aliphatic carbocycles. The van der Waals surface area contributed by atoms with E-state index in [1.807, 2.05) is 18.2 Å². The van der Waals surface area contributed by atoms with E-state index in [9.17, 15) is 5.11 Å². The van der Waals surface area contributed by atoms with E-state index in [-0.39, 0.29) is 6.10 Å². The zero-order chi connectivity index (χ0) is 13.8. The molecule has 3 nitrogen and oxygen atoms in total. The Morgan fingerprint density at radius 1 is 1.10 bits per heavy atom. The maximum absolute atomic E-state index is 9.73. The number of phenols is 1. The molecule has 3 rings (SSSR count). The highest BCUT2D eigenvalue weighted by molar-refractivity contribution is 5.32. The molecule has 1 unspecified atom stereocenters. The number of benzene rings is 2. The van der Waals surface area contributed by atoms with Crippen molar-refractivity contribution >= 4 is 0 Å². The Labute approximate surface area is 119 Å². The third-order valence-corrected chi connectivity index (χ3v) is 3.73. The Morgan fingerprint density at radius 2 is 1.90 bits per heavy atom. The van der Waals surface area contributed by atoms with E-state index in [2.05, 4.69) is 29.6 Å². The first-order valence-corrected chi connectivity index (χ1v) is 7.01. The number of phenolic OH excluding ortho intramolecular Hbond substituents is 1. The topological polar surface area (TPSA) is 41.5 Å². The van der Waals surface area contributed by atoms with Crippen molar-refractivity contribution < 1.29 is 9.84 Å². The molecule has 1 aliphatic heterocycles. The van der Waals surface area contributed by atoms with Crippen molar-refractivity contribution in [3.8, 4) is 5.75 Å². The van der Waals surface area contributed by atoms with Gasteiger partial charge in [-0.15, -0.1) is 0 Å². The van der Waals surface area contributed by atoms with Crippen LogP contribution in [0.2, 0.25) is 0 Å². The lowest BCUT2D eigenvalue weighted by Gasteiger charge is -2.26. The van der Waals surface area contributed by atoms with Crippen molar-refractivity contribution in [3.05, 3.63) is 65.2 Å². The van der Waals surface area contributed by atoms with Crippen molar-refractivity contribution in [2.45, 2.75) is 19.1 Å². The van der Waals surface area contributed by atoms with Gasteiger partial charge in [-0.3, -0.25) is 0 Å². The number of para-hydroxylation sites is 1. The average molecular weight is 269 g/mol. The molecule has 0 bridgehead atoms. The van der Waals surface area contributed by atoms with Crippen LogP contribution in [0.1, 0.15) is 22.8 Å². The van der Waals surface area contributed by atoms with Gasteiger partial charge in [0, 0.05) is 18.7 Å². The third kappa shape index (κ3) is 2.84. The van der Waals surface area contributed by atoms with E-state index in [1.54, 1.807) is 6.07 Å². The first-order valence-electron chi connectivity index (χ1n) is 7.01. The van der Waals surface area contributed by atoms with E-state index >= 15 is 0 Å². The summed E-state index contributed by atoms with van der Waals surface area (Å²) in [5.41, 5.74) is 3.58. The van der Waals surface area contributed by atoms with Gasteiger partial charge in [0.15, 0.2) is 0 Å². The summed E-state index contributed by atoms with van der Waals surface area (Å²) < 4.78 is 5.85.